The van der Waals surface area contributed by atoms with Crippen LogP contribution in [0.15, 0.2) is 18.2 Å². The van der Waals surface area contributed by atoms with Crippen LogP contribution in [0.3, 0.4) is 0 Å². The van der Waals surface area contributed by atoms with E-state index in [0.717, 1.165) is 12.6 Å². The molecule has 0 aliphatic heterocycles. The number of hydrogen-bond donors (Lipinski definition) is 1. The Morgan fingerprint density at radius 2 is 2.13 bits per heavy atom. The summed E-state index contributed by atoms with van der Waals surface area (Å²) in [6.07, 6.45) is 0.175. The first-order valence-electron chi connectivity index (χ1n) is 4.84. The zero-order valence-corrected chi connectivity index (χ0v) is 8.52. The summed E-state index contributed by atoms with van der Waals surface area (Å²) >= 11 is 0. The predicted molar refractivity (Wildman–Crippen MR) is 53.8 cm³/mol. The SMILES string of the molecule is CCNCCC(=O)c1cccc(F)c1F. The number of nitrogens with one attached hydrogen (secondary N) is 1. The molecule has 2 nitrogen and oxygen atoms in total. The van der Waals surface area contributed by atoms with E-state index in [1.165, 1.54) is 12.1 Å². The van der Waals surface area contributed by atoms with Gasteiger partial charge in [-0.25, -0.2) is 8.78 Å². The summed E-state index contributed by atoms with van der Waals surface area (Å²) in [5, 5.41) is 2.95. The third-order valence-corrected chi connectivity index (χ3v) is 2.03. The Labute approximate surface area is 87.3 Å². The quantitative estimate of drug-likeness (QED) is 0.599. The van der Waals surface area contributed by atoms with Gasteiger partial charge in [-0.2, -0.15) is 0 Å². The summed E-state index contributed by atoms with van der Waals surface area (Å²) in [6, 6.07) is 3.63. The molecule has 0 saturated heterocycles. The first-order valence-corrected chi connectivity index (χ1v) is 4.84. The zero-order valence-electron chi connectivity index (χ0n) is 8.52. The maximum Gasteiger partial charge on any atom is 0.169 e. The molecule has 0 saturated carbocycles. The first-order chi connectivity index (χ1) is 7.16. The maximum atomic E-state index is 13.1. The molecular formula is C11H13F2NO. The highest BCUT2D eigenvalue weighted by Crippen LogP contribution is 2.12. The number of benzene rings is 1. The maximum absolute atomic E-state index is 13.1. The van der Waals surface area contributed by atoms with Gasteiger partial charge in [0.15, 0.2) is 17.4 Å². The number of halogens is 2. The fourth-order valence-corrected chi connectivity index (χ4v) is 1.23. The number of Topliss-reactive ketones (excluding diaryl/α,β-unsaturated/α-hetero) is 1. The average Bonchev–Trinajstić information content (AvgIpc) is 2.22. The third kappa shape index (κ3) is 3.09. The van der Waals surface area contributed by atoms with Crippen LogP contribution in [-0.4, -0.2) is 18.9 Å². The van der Waals surface area contributed by atoms with Gasteiger partial charge in [0.2, 0.25) is 0 Å². The minimum atomic E-state index is -1.06. The Morgan fingerprint density at radius 1 is 1.40 bits per heavy atom. The molecule has 1 aromatic carbocycles. The van der Waals surface area contributed by atoms with Crippen LogP contribution in [0.1, 0.15) is 23.7 Å². The molecule has 1 aromatic rings. The molecule has 0 heterocycles. The second kappa shape index (κ2) is 5.56. The standard InChI is InChI=1S/C11H13F2NO/c1-2-14-7-6-10(15)8-4-3-5-9(12)11(8)13/h3-5,14H,2,6-7H2,1H3. The Bertz CT molecular complexity index is 352. The van der Waals surface area contributed by atoms with E-state index in [9.17, 15) is 13.6 Å². The summed E-state index contributed by atoms with van der Waals surface area (Å²) in [5.41, 5.74) is -0.173. The molecule has 0 unspecified atom stereocenters. The Morgan fingerprint density at radius 3 is 2.80 bits per heavy atom. The molecule has 0 aromatic heterocycles. The van der Waals surface area contributed by atoms with E-state index in [4.69, 9.17) is 0 Å². The number of hydrogen-bond acceptors (Lipinski definition) is 2. The number of rotatable bonds is 5. The van der Waals surface area contributed by atoms with Gasteiger partial charge in [0.05, 0.1) is 5.56 Å². The Kier molecular flexibility index (Phi) is 4.37. The van der Waals surface area contributed by atoms with Crippen LogP contribution in [-0.2, 0) is 0 Å². The molecule has 0 spiro atoms. The lowest BCUT2D eigenvalue weighted by atomic mass is 10.1. The van der Waals surface area contributed by atoms with Crippen LogP contribution >= 0.6 is 0 Å². The molecule has 15 heavy (non-hydrogen) atoms. The fourth-order valence-electron chi connectivity index (χ4n) is 1.23. The van der Waals surface area contributed by atoms with Crippen molar-refractivity contribution in [3.05, 3.63) is 35.4 Å². The molecule has 0 fully saturated rings. The van der Waals surface area contributed by atoms with Crippen LogP contribution in [0.2, 0.25) is 0 Å². The van der Waals surface area contributed by atoms with Gasteiger partial charge in [-0.1, -0.05) is 13.0 Å². The van der Waals surface area contributed by atoms with E-state index in [-0.39, 0.29) is 17.8 Å². The largest absolute Gasteiger partial charge is 0.317 e. The van der Waals surface area contributed by atoms with E-state index >= 15 is 0 Å². The van der Waals surface area contributed by atoms with Gasteiger partial charge in [0, 0.05) is 13.0 Å². The average molecular weight is 213 g/mol. The Hall–Kier alpha value is -1.29. The molecule has 0 aliphatic rings. The second-order valence-corrected chi connectivity index (χ2v) is 3.13. The van der Waals surface area contributed by atoms with Crippen molar-refractivity contribution in [1.82, 2.24) is 5.32 Å². The molecule has 0 atom stereocenters. The summed E-state index contributed by atoms with van der Waals surface area (Å²) in [7, 11) is 0. The lowest BCUT2D eigenvalue weighted by Gasteiger charge is -2.03. The van der Waals surface area contributed by atoms with Gasteiger partial charge in [-0.05, 0) is 18.7 Å². The van der Waals surface area contributed by atoms with E-state index in [1.54, 1.807) is 0 Å². The van der Waals surface area contributed by atoms with Crippen LogP contribution < -0.4 is 5.32 Å². The van der Waals surface area contributed by atoms with Gasteiger partial charge in [0.1, 0.15) is 0 Å². The zero-order chi connectivity index (χ0) is 11.3. The molecule has 0 bridgehead atoms. The lowest BCUT2D eigenvalue weighted by Crippen LogP contribution is -2.18. The minimum absolute atomic E-state index is 0.173. The van der Waals surface area contributed by atoms with Crippen molar-refractivity contribution in [2.24, 2.45) is 0 Å². The van der Waals surface area contributed by atoms with Crippen LogP contribution in [0, 0.1) is 11.6 Å². The summed E-state index contributed by atoms with van der Waals surface area (Å²) in [5.74, 6) is -2.42. The minimum Gasteiger partial charge on any atom is -0.317 e. The van der Waals surface area contributed by atoms with Gasteiger partial charge < -0.3 is 5.32 Å². The summed E-state index contributed by atoms with van der Waals surface area (Å²) in [6.45, 7) is 3.14. The molecule has 0 amide bonds. The van der Waals surface area contributed by atoms with Gasteiger partial charge in [0.25, 0.3) is 0 Å². The second-order valence-electron chi connectivity index (χ2n) is 3.13. The van der Waals surface area contributed by atoms with E-state index in [2.05, 4.69) is 5.32 Å². The van der Waals surface area contributed by atoms with Crippen LogP contribution in [0.5, 0.6) is 0 Å². The lowest BCUT2D eigenvalue weighted by molar-refractivity contribution is 0.0978. The molecule has 1 rings (SSSR count). The third-order valence-electron chi connectivity index (χ3n) is 2.03. The molecular weight excluding hydrogens is 200 g/mol. The smallest absolute Gasteiger partial charge is 0.169 e. The Balaban J connectivity index is 2.69. The molecule has 0 radical (unpaired) electrons. The van der Waals surface area contributed by atoms with Crippen molar-refractivity contribution in [2.45, 2.75) is 13.3 Å². The number of ketones is 1. The van der Waals surface area contributed by atoms with Gasteiger partial charge in [-0.3, -0.25) is 4.79 Å². The summed E-state index contributed by atoms with van der Waals surface area (Å²) in [4.78, 5) is 11.4. The topological polar surface area (TPSA) is 29.1 Å². The summed E-state index contributed by atoms with van der Waals surface area (Å²) < 4.78 is 25.9. The van der Waals surface area contributed by atoms with Crippen LogP contribution in [0.25, 0.3) is 0 Å². The van der Waals surface area contributed by atoms with E-state index in [0.29, 0.717) is 6.54 Å². The van der Waals surface area contributed by atoms with Crippen LogP contribution in [0.4, 0.5) is 8.78 Å². The normalized spacial score (nSPS) is 10.3. The van der Waals surface area contributed by atoms with Crippen molar-refractivity contribution in [1.29, 1.82) is 0 Å². The fraction of sp³-hybridized carbons (Fsp3) is 0.364. The molecule has 0 aliphatic carbocycles. The van der Waals surface area contributed by atoms with E-state index < -0.39 is 11.6 Å². The number of carbonyl (C=O) groups is 1. The monoisotopic (exact) mass is 213 g/mol. The highest BCUT2D eigenvalue weighted by Gasteiger charge is 2.13. The number of carbonyl (C=O) groups excluding carboxylic acids is 1. The van der Waals surface area contributed by atoms with Crippen molar-refractivity contribution < 1.29 is 13.6 Å². The van der Waals surface area contributed by atoms with Crippen molar-refractivity contribution >= 4 is 5.78 Å². The van der Waals surface area contributed by atoms with Gasteiger partial charge in [-0.15, -0.1) is 0 Å². The molecule has 4 heteroatoms. The van der Waals surface area contributed by atoms with Gasteiger partial charge >= 0.3 is 0 Å². The first kappa shape index (κ1) is 11.8. The highest BCUT2D eigenvalue weighted by molar-refractivity contribution is 5.96. The van der Waals surface area contributed by atoms with Crippen molar-refractivity contribution in [3.63, 3.8) is 0 Å². The predicted octanol–water partition coefficient (Wildman–Crippen LogP) is 2.15. The molecule has 82 valence electrons. The highest BCUT2D eigenvalue weighted by atomic mass is 19.2. The van der Waals surface area contributed by atoms with E-state index in [1.807, 2.05) is 6.92 Å². The van der Waals surface area contributed by atoms with Crippen molar-refractivity contribution in [2.75, 3.05) is 13.1 Å². The van der Waals surface area contributed by atoms with Crippen molar-refractivity contribution in [3.8, 4) is 0 Å². The molecule has 1 N–H and O–H groups in total.